The van der Waals surface area contributed by atoms with Crippen molar-refractivity contribution in [2.45, 2.75) is 101 Å². The molecule has 5 aromatic rings. The molecule has 3 aliphatic heterocycles. The van der Waals surface area contributed by atoms with Gasteiger partial charge in [-0.15, -0.1) is 0 Å². The first kappa shape index (κ1) is 45.1. The van der Waals surface area contributed by atoms with E-state index in [-0.39, 0.29) is 46.2 Å². The molecular formula is C51H55NO12. The molecule has 0 radical (unpaired) electrons. The highest BCUT2D eigenvalue weighted by atomic mass is 16.7. The quantitative estimate of drug-likeness (QED) is 0.0724. The molecule has 3 saturated heterocycles. The fraction of sp³-hybridized carbons (Fsp3) is 0.373. The zero-order chi connectivity index (χ0) is 44.1. The van der Waals surface area contributed by atoms with Crippen molar-refractivity contribution in [2.75, 3.05) is 20.3 Å². The van der Waals surface area contributed by atoms with Crippen LogP contribution in [0.1, 0.15) is 34.7 Å². The molecule has 3 aliphatic rings. The number of fused-ring (bicyclic) bond motifs is 1. The van der Waals surface area contributed by atoms with Gasteiger partial charge in [-0.1, -0.05) is 152 Å². The summed E-state index contributed by atoms with van der Waals surface area (Å²) in [5.41, 5.74) is 4.70. The number of amides is 1. The van der Waals surface area contributed by atoms with Crippen molar-refractivity contribution >= 4 is 12.1 Å². The Morgan fingerprint density at radius 3 is 1.50 bits per heavy atom. The number of rotatable bonds is 20. The number of carbonyl (C=O) groups excluding carboxylic acids is 2. The Labute approximate surface area is 374 Å². The van der Waals surface area contributed by atoms with E-state index in [0.717, 1.165) is 27.8 Å². The maximum absolute atomic E-state index is 13.8. The van der Waals surface area contributed by atoms with Gasteiger partial charge in [0.2, 0.25) is 0 Å². The van der Waals surface area contributed by atoms with Crippen molar-refractivity contribution in [3.05, 3.63) is 179 Å². The Kier molecular flexibility index (Phi) is 15.8. The van der Waals surface area contributed by atoms with Crippen LogP contribution in [-0.2, 0) is 85.1 Å². The van der Waals surface area contributed by atoms with E-state index in [4.69, 9.17) is 47.4 Å². The van der Waals surface area contributed by atoms with Gasteiger partial charge in [0.25, 0.3) is 0 Å². The average molecular weight is 874 g/mol. The molecule has 10 atom stereocenters. The third kappa shape index (κ3) is 11.6. The van der Waals surface area contributed by atoms with Gasteiger partial charge < -0.3 is 47.4 Å². The van der Waals surface area contributed by atoms with E-state index in [0.29, 0.717) is 0 Å². The van der Waals surface area contributed by atoms with Crippen LogP contribution in [0.4, 0.5) is 4.79 Å². The molecule has 0 bridgehead atoms. The summed E-state index contributed by atoms with van der Waals surface area (Å²) in [6.07, 6.45) is -8.38. The number of carbonyl (C=O) groups is 2. The molecule has 0 saturated carbocycles. The molecule has 1 amide bonds. The van der Waals surface area contributed by atoms with E-state index >= 15 is 0 Å². The molecule has 0 aromatic heterocycles. The minimum absolute atomic E-state index is 0.0104. The first-order valence-electron chi connectivity index (χ1n) is 21.7. The Balaban J connectivity index is 1.10. The highest BCUT2D eigenvalue weighted by molar-refractivity contribution is 5.71. The number of hydrogen-bond acceptors (Lipinski definition) is 12. The predicted molar refractivity (Wildman–Crippen MR) is 233 cm³/mol. The van der Waals surface area contributed by atoms with Gasteiger partial charge in [0, 0.05) is 20.6 Å². The van der Waals surface area contributed by atoms with Crippen LogP contribution in [-0.4, -0.2) is 98.6 Å². The van der Waals surface area contributed by atoms with Crippen LogP contribution in [0.3, 0.4) is 0 Å². The lowest BCUT2D eigenvalue weighted by molar-refractivity contribution is -0.335. The summed E-state index contributed by atoms with van der Waals surface area (Å²) in [7, 11) is 1.56. The summed E-state index contributed by atoms with van der Waals surface area (Å²) in [4.78, 5) is 28.0. The lowest BCUT2D eigenvalue weighted by atomic mass is 9.95. The van der Waals surface area contributed by atoms with Gasteiger partial charge in [0.15, 0.2) is 24.8 Å². The zero-order valence-corrected chi connectivity index (χ0v) is 36.0. The summed E-state index contributed by atoms with van der Waals surface area (Å²) in [5, 5.41) is 0. The van der Waals surface area contributed by atoms with Crippen molar-refractivity contribution in [1.29, 1.82) is 0 Å². The molecule has 3 heterocycles. The van der Waals surface area contributed by atoms with Gasteiger partial charge in [-0.3, -0.25) is 9.69 Å². The summed E-state index contributed by atoms with van der Waals surface area (Å²) in [5.74, 6) is -0.553. The third-order valence-electron chi connectivity index (χ3n) is 11.4. The second kappa shape index (κ2) is 22.4. The number of nitrogens with zero attached hydrogens (tertiary/aromatic N) is 1. The SMILES string of the molecule is CO[C@H]1O[C@H](CO[C@H]2O[C@H](COCc3ccccc3)[C@H](OC(C)=O)[C@@H]3OC(=O)N(Cc4ccccc4)[C@@H]23)[C@@H](OCc2ccccc2)[C@H](OCc2ccccc2)[C@H]1OCc1ccccc1. The van der Waals surface area contributed by atoms with Gasteiger partial charge in [-0.05, 0) is 27.8 Å². The van der Waals surface area contributed by atoms with Crippen LogP contribution < -0.4 is 0 Å². The zero-order valence-electron chi connectivity index (χ0n) is 36.0. The molecule has 0 spiro atoms. The molecule has 64 heavy (non-hydrogen) atoms. The summed E-state index contributed by atoms with van der Waals surface area (Å²) in [6, 6.07) is 48.0. The van der Waals surface area contributed by atoms with E-state index in [1.54, 1.807) is 12.0 Å². The molecule has 8 rings (SSSR count). The fourth-order valence-electron chi connectivity index (χ4n) is 8.34. The molecule has 13 nitrogen and oxygen atoms in total. The molecule has 0 aliphatic carbocycles. The minimum Gasteiger partial charge on any atom is -0.456 e. The van der Waals surface area contributed by atoms with E-state index in [1.807, 2.05) is 152 Å². The highest BCUT2D eigenvalue weighted by Crippen LogP contribution is 2.38. The molecule has 0 N–H and O–H groups in total. The number of esters is 1. The molecular weight excluding hydrogens is 819 g/mol. The van der Waals surface area contributed by atoms with Crippen LogP contribution in [0.15, 0.2) is 152 Å². The third-order valence-corrected chi connectivity index (χ3v) is 11.4. The van der Waals surface area contributed by atoms with E-state index in [2.05, 4.69) is 0 Å². The van der Waals surface area contributed by atoms with Crippen molar-refractivity contribution in [3.63, 3.8) is 0 Å². The number of hydrogen-bond donors (Lipinski definition) is 0. The highest BCUT2D eigenvalue weighted by Gasteiger charge is 2.59. The van der Waals surface area contributed by atoms with Crippen molar-refractivity contribution < 1.29 is 57.0 Å². The molecule has 5 aromatic carbocycles. The second-order valence-corrected chi connectivity index (χ2v) is 16.0. The van der Waals surface area contributed by atoms with Crippen LogP contribution in [0, 0.1) is 0 Å². The Morgan fingerprint density at radius 2 is 0.984 bits per heavy atom. The van der Waals surface area contributed by atoms with E-state index in [1.165, 1.54) is 6.92 Å². The van der Waals surface area contributed by atoms with Gasteiger partial charge >= 0.3 is 12.1 Å². The summed E-state index contributed by atoms with van der Waals surface area (Å²) >= 11 is 0. The summed E-state index contributed by atoms with van der Waals surface area (Å²) in [6.45, 7) is 2.47. The Hall–Kier alpha value is -5.48. The lowest BCUT2D eigenvalue weighted by Gasteiger charge is -2.47. The maximum atomic E-state index is 13.8. The first-order chi connectivity index (χ1) is 31.4. The molecule has 336 valence electrons. The van der Waals surface area contributed by atoms with Crippen LogP contribution >= 0.6 is 0 Å². The Bertz CT molecular complexity index is 2170. The standard InChI is InChI=1S/C51H55NO12/c1-35(53)61-45-41(33-56-29-37-20-10-4-11-21-37)62-49(43-46(45)64-51(54)52(43)28-36-18-8-3-9-19-36)60-34-42-44(57-30-38-22-12-5-13-23-38)47(58-31-39-24-14-6-15-25-39)48(50(55-2)63-42)59-32-40-26-16-7-17-27-40/h3-27,41-50H,28-34H2,1-2H3/t41-,42-,43-,44-,45+,46-,47+,48-,49+,50+/m1/s1. The topological polar surface area (TPSA) is 130 Å². The van der Waals surface area contributed by atoms with Crippen LogP contribution in [0.25, 0.3) is 0 Å². The van der Waals surface area contributed by atoms with Gasteiger partial charge in [-0.2, -0.15) is 0 Å². The average Bonchev–Trinajstić information content (AvgIpc) is 3.66. The van der Waals surface area contributed by atoms with Gasteiger partial charge in [-0.25, -0.2) is 4.79 Å². The van der Waals surface area contributed by atoms with Gasteiger partial charge in [0.05, 0.1) is 39.6 Å². The first-order valence-corrected chi connectivity index (χ1v) is 21.7. The molecule has 13 heteroatoms. The largest absolute Gasteiger partial charge is 0.456 e. The normalized spacial score (nSPS) is 26.5. The summed E-state index contributed by atoms with van der Waals surface area (Å²) < 4.78 is 64.6. The fourth-order valence-corrected chi connectivity index (χ4v) is 8.34. The second-order valence-electron chi connectivity index (χ2n) is 16.0. The lowest BCUT2D eigenvalue weighted by Crippen LogP contribution is -2.64. The van der Waals surface area contributed by atoms with Crippen molar-refractivity contribution in [1.82, 2.24) is 4.90 Å². The molecule has 3 fully saturated rings. The van der Waals surface area contributed by atoms with Gasteiger partial charge in [0.1, 0.15) is 36.6 Å². The Morgan fingerprint density at radius 1 is 0.531 bits per heavy atom. The smallest absolute Gasteiger partial charge is 0.411 e. The number of methoxy groups -OCH3 is 1. The van der Waals surface area contributed by atoms with Crippen LogP contribution in [0.2, 0.25) is 0 Å². The van der Waals surface area contributed by atoms with Crippen molar-refractivity contribution in [3.8, 4) is 0 Å². The predicted octanol–water partition coefficient (Wildman–Crippen LogP) is 7.39. The monoisotopic (exact) mass is 873 g/mol. The molecule has 0 unspecified atom stereocenters. The minimum atomic E-state index is -1.09. The number of benzene rings is 5. The van der Waals surface area contributed by atoms with Crippen LogP contribution in [0.5, 0.6) is 0 Å². The number of ether oxygens (including phenoxy) is 10. The van der Waals surface area contributed by atoms with Crippen molar-refractivity contribution in [2.24, 2.45) is 0 Å². The van der Waals surface area contributed by atoms with E-state index < -0.39 is 73.4 Å². The van der Waals surface area contributed by atoms with E-state index in [9.17, 15) is 9.59 Å². The maximum Gasteiger partial charge on any atom is 0.411 e.